The molecule has 4 nitrogen and oxygen atoms in total. The summed E-state index contributed by atoms with van der Waals surface area (Å²) in [7, 11) is 0. The molecule has 2 fully saturated rings. The van der Waals surface area contributed by atoms with Crippen molar-refractivity contribution in [3.05, 3.63) is 17.5 Å². The van der Waals surface area contributed by atoms with Crippen molar-refractivity contribution >= 4 is 5.95 Å². The van der Waals surface area contributed by atoms with Crippen LogP contribution in [0.5, 0.6) is 0 Å². The molecule has 2 unspecified atom stereocenters. The standard InChI is InChI=1S/C15H23N3O/c1-4-13-10(2)7-16-14(17-13)18-8-11(3)15(19,9-18)12-5-6-12/h7,11-12,19H,4-6,8-9H2,1-3H3. The molecule has 1 aliphatic heterocycles. The van der Waals surface area contributed by atoms with E-state index in [9.17, 15) is 5.11 Å². The lowest BCUT2D eigenvalue weighted by Crippen LogP contribution is -2.39. The summed E-state index contributed by atoms with van der Waals surface area (Å²) in [6.07, 6.45) is 5.17. The minimum atomic E-state index is -0.527. The Hall–Kier alpha value is -1.16. The largest absolute Gasteiger partial charge is 0.387 e. The van der Waals surface area contributed by atoms with Gasteiger partial charge >= 0.3 is 0 Å². The van der Waals surface area contributed by atoms with Crippen LogP contribution < -0.4 is 4.90 Å². The number of hydrogen-bond donors (Lipinski definition) is 1. The lowest BCUT2D eigenvalue weighted by Gasteiger charge is -2.26. The summed E-state index contributed by atoms with van der Waals surface area (Å²) in [6, 6.07) is 0. The Labute approximate surface area is 114 Å². The molecule has 2 atom stereocenters. The molecule has 1 saturated carbocycles. The first-order chi connectivity index (χ1) is 9.04. The minimum absolute atomic E-state index is 0.301. The van der Waals surface area contributed by atoms with Crippen LogP contribution in [0.25, 0.3) is 0 Å². The maximum atomic E-state index is 10.8. The highest BCUT2D eigenvalue weighted by molar-refractivity contribution is 5.37. The molecular formula is C15H23N3O. The summed E-state index contributed by atoms with van der Waals surface area (Å²) in [5, 5.41) is 10.8. The third kappa shape index (κ3) is 2.12. The summed E-state index contributed by atoms with van der Waals surface area (Å²) < 4.78 is 0. The van der Waals surface area contributed by atoms with Crippen LogP contribution in [0.4, 0.5) is 5.95 Å². The van der Waals surface area contributed by atoms with Gasteiger partial charge in [-0.1, -0.05) is 13.8 Å². The van der Waals surface area contributed by atoms with E-state index in [1.165, 1.54) is 12.8 Å². The number of aliphatic hydroxyl groups is 1. The molecule has 0 amide bonds. The van der Waals surface area contributed by atoms with Gasteiger partial charge in [-0.15, -0.1) is 0 Å². The predicted octanol–water partition coefficient (Wildman–Crippen LogP) is 1.94. The second-order valence-electron chi connectivity index (χ2n) is 6.20. The van der Waals surface area contributed by atoms with Crippen LogP contribution in [0.15, 0.2) is 6.20 Å². The average Bonchev–Trinajstić information content (AvgIpc) is 3.19. The Balaban J connectivity index is 1.84. The van der Waals surface area contributed by atoms with Crippen molar-refractivity contribution in [1.29, 1.82) is 0 Å². The summed E-state index contributed by atoms with van der Waals surface area (Å²) in [4.78, 5) is 11.3. The molecular weight excluding hydrogens is 238 g/mol. The molecule has 3 rings (SSSR count). The Morgan fingerprint density at radius 3 is 2.84 bits per heavy atom. The van der Waals surface area contributed by atoms with Crippen LogP contribution in [0, 0.1) is 18.8 Å². The molecule has 1 N–H and O–H groups in total. The first-order valence-electron chi connectivity index (χ1n) is 7.34. The Morgan fingerprint density at radius 2 is 2.21 bits per heavy atom. The van der Waals surface area contributed by atoms with E-state index in [-0.39, 0.29) is 0 Å². The van der Waals surface area contributed by atoms with Crippen molar-refractivity contribution in [2.45, 2.75) is 45.6 Å². The first-order valence-corrected chi connectivity index (χ1v) is 7.34. The van der Waals surface area contributed by atoms with Gasteiger partial charge in [0, 0.05) is 24.4 Å². The van der Waals surface area contributed by atoms with E-state index in [1.807, 2.05) is 6.20 Å². The van der Waals surface area contributed by atoms with Gasteiger partial charge in [0.25, 0.3) is 0 Å². The highest BCUT2D eigenvalue weighted by atomic mass is 16.3. The van der Waals surface area contributed by atoms with Crippen LogP contribution in [-0.4, -0.2) is 33.8 Å². The molecule has 2 heterocycles. The highest BCUT2D eigenvalue weighted by Crippen LogP contribution is 2.47. The monoisotopic (exact) mass is 261 g/mol. The molecule has 0 radical (unpaired) electrons. The maximum Gasteiger partial charge on any atom is 0.225 e. The molecule has 1 saturated heterocycles. The maximum absolute atomic E-state index is 10.8. The SMILES string of the molecule is CCc1nc(N2CC(C)C(O)(C3CC3)C2)ncc1C. The Morgan fingerprint density at radius 1 is 1.47 bits per heavy atom. The van der Waals surface area contributed by atoms with E-state index in [0.717, 1.165) is 30.2 Å². The molecule has 2 aliphatic rings. The van der Waals surface area contributed by atoms with Gasteiger partial charge in [0.15, 0.2) is 0 Å². The van der Waals surface area contributed by atoms with Crippen molar-refractivity contribution < 1.29 is 5.11 Å². The van der Waals surface area contributed by atoms with Gasteiger partial charge in [-0.05, 0) is 37.7 Å². The number of aryl methyl sites for hydroxylation is 2. The zero-order chi connectivity index (χ0) is 13.6. The number of aromatic nitrogens is 2. The second-order valence-corrected chi connectivity index (χ2v) is 6.20. The first kappa shape index (κ1) is 12.9. The van der Waals surface area contributed by atoms with Gasteiger partial charge in [0.05, 0.1) is 12.1 Å². The smallest absolute Gasteiger partial charge is 0.225 e. The van der Waals surface area contributed by atoms with E-state index >= 15 is 0 Å². The van der Waals surface area contributed by atoms with Crippen LogP contribution in [-0.2, 0) is 6.42 Å². The van der Waals surface area contributed by atoms with Gasteiger partial charge in [0.2, 0.25) is 5.95 Å². The normalized spacial score (nSPS) is 30.9. The third-order valence-electron chi connectivity index (χ3n) is 4.76. The van der Waals surface area contributed by atoms with Crippen LogP contribution in [0.2, 0.25) is 0 Å². The number of β-amino-alcohol motifs (C(OH)–C–C–N with tert-alkyl or cyclic N) is 1. The molecule has 1 aromatic rings. The van der Waals surface area contributed by atoms with Gasteiger partial charge in [-0.3, -0.25) is 0 Å². The summed E-state index contributed by atoms with van der Waals surface area (Å²) in [6.45, 7) is 7.86. The molecule has 19 heavy (non-hydrogen) atoms. The molecule has 0 spiro atoms. The number of nitrogens with zero attached hydrogens (tertiary/aromatic N) is 3. The van der Waals surface area contributed by atoms with Gasteiger partial charge < -0.3 is 10.0 Å². The van der Waals surface area contributed by atoms with Crippen molar-refractivity contribution in [1.82, 2.24) is 9.97 Å². The van der Waals surface area contributed by atoms with Crippen molar-refractivity contribution in [3.63, 3.8) is 0 Å². The van der Waals surface area contributed by atoms with E-state index in [2.05, 4.69) is 35.6 Å². The summed E-state index contributed by atoms with van der Waals surface area (Å²) in [5.74, 6) is 1.57. The van der Waals surface area contributed by atoms with Crippen molar-refractivity contribution in [2.75, 3.05) is 18.0 Å². The van der Waals surface area contributed by atoms with E-state index in [4.69, 9.17) is 0 Å². The van der Waals surface area contributed by atoms with Gasteiger partial charge in [-0.25, -0.2) is 9.97 Å². The highest BCUT2D eigenvalue weighted by Gasteiger charge is 2.52. The quantitative estimate of drug-likeness (QED) is 0.903. The number of hydrogen-bond acceptors (Lipinski definition) is 4. The number of rotatable bonds is 3. The van der Waals surface area contributed by atoms with E-state index in [1.54, 1.807) is 0 Å². The fourth-order valence-electron chi connectivity index (χ4n) is 3.26. The van der Waals surface area contributed by atoms with Crippen molar-refractivity contribution in [3.8, 4) is 0 Å². The topological polar surface area (TPSA) is 49.2 Å². The summed E-state index contributed by atoms with van der Waals surface area (Å²) in [5.41, 5.74) is 1.73. The van der Waals surface area contributed by atoms with Crippen LogP contribution in [0.3, 0.4) is 0 Å². The zero-order valence-electron chi connectivity index (χ0n) is 12.1. The molecule has 4 heteroatoms. The lowest BCUT2D eigenvalue weighted by atomic mass is 9.88. The van der Waals surface area contributed by atoms with Crippen molar-refractivity contribution in [2.24, 2.45) is 11.8 Å². The lowest BCUT2D eigenvalue weighted by molar-refractivity contribution is 0.00279. The molecule has 1 aromatic heterocycles. The molecule has 0 aromatic carbocycles. The zero-order valence-corrected chi connectivity index (χ0v) is 12.1. The Kier molecular flexibility index (Phi) is 3.01. The number of anilines is 1. The third-order valence-corrected chi connectivity index (χ3v) is 4.76. The summed E-state index contributed by atoms with van der Waals surface area (Å²) >= 11 is 0. The van der Waals surface area contributed by atoms with E-state index in [0.29, 0.717) is 18.4 Å². The van der Waals surface area contributed by atoms with Gasteiger partial charge in [-0.2, -0.15) is 0 Å². The fraction of sp³-hybridized carbons (Fsp3) is 0.733. The minimum Gasteiger partial charge on any atom is -0.387 e. The average molecular weight is 261 g/mol. The predicted molar refractivity (Wildman–Crippen MR) is 75.2 cm³/mol. The molecule has 0 bridgehead atoms. The van der Waals surface area contributed by atoms with E-state index < -0.39 is 5.60 Å². The van der Waals surface area contributed by atoms with Crippen LogP contribution in [0.1, 0.15) is 37.9 Å². The molecule has 1 aliphatic carbocycles. The second kappa shape index (κ2) is 4.44. The van der Waals surface area contributed by atoms with Gasteiger partial charge in [0.1, 0.15) is 0 Å². The fourth-order valence-corrected chi connectivity index (χ4v) is 3.26. The molecule has 104 valence electrons. The Bertz CT molecular complexity index is 486. The van der Waals surface area contributed by atoms with Crippen LogP contribution >= 0.6 is 0 Å².